The third kappa shape index (κ3) is 6.63. The molecule has 5 heterocycles. The molecule has 0 bridgehead atoms. The quantitative estimate of drug-likeness (QED) is 0.241. The third-order valence-corrected chi connectivity index (χ3v) is 11.4. The number of thiazole rings is 1. The van der Waals surface area contributed by atoms with Gasteiger partial charge in [-0.2, -0.15) is 0 Å². The van der Waals surface area contributed by atoms with Crippen LogP contribution in [-0.4, -0.2) is 90.7 Å². The molecule has 0 radical (unpaired) electrons. The van der Waals surface area contributed by atoms with Crippen molar-refractivity contribution in [3.05, 3.63) is 65.0 Å². The van der Waals surface area contributed by atoms with Crippen LogP contribution >= 0.6 is 11.3 Å². The van der Waals surface area contributed by atoms with Crippen LogP contribution < -0.4 is 4.90 Å². The number of sulfonamides is 1. The highest BCUT2D eigenvalue weighted by molar-refractivity contribution is 7.89. The lowest BCUT2D eigenvalue weighted by Crippen LogP contribution is -2.41. The summed E-state index contributed by atoms with van der Waals surface area (Å²) in [6, 6.07) is 10.6. The predicted molar refractivity (Wildman–Crippen MR) is 169 cm³/mol. The Labute approximate surface area is 257 Å². The fourth-order valence-electron chi connectivity index (χ4n) is 6.09. The number of anilines is 2. The summed E-state index contributed by atoms with van der Waals surface area (Å²) in [6.07, 6.45) is 5.18. The lowest BCUT2D eigenvalue weighted by molar-refractivity contribution is 0.0380. The molecule has 0 aliphatic carbocycles. The van der Waals surface area contributed by atoms with Crippen LogP contribution in [0.15, 0.2) is 48.0 Å². The summed E-state index contributed by atoms with van der Waals surface area (Å²) in [5, 5.41) is 2.82. The van der Waals surface area contributed by atoms with Crippen molar-refractivity contribution < 1.29 is 17.5 Å². The highest BCUT2D eigenvalue weighted by Gasteiger charge is 2.29. The molecule has 2 fully saturated rings. The van der Waals surface area contributed by atoms with Gasteiger partial charge >= 0.3 is 0 Å². The summed E-state index contributed by atoms with van der Waals surface area (Å²) in [6.45, 7) is 7.21. The molecule has 0 amide bonds. The van der Waals surface area contributed by atoms with Crippen molar-refractivity contribution in [2.75, 3.05) is 63.6 Å². The van der Waals surface area contributed by atoms with Crippen LogP contribution in [0.1, 0.15) is 43.4 Å². The second kappa shape index (κ2) is 13.0. The number of hydrogen-bond acceptors (Lipinski definition) is 8. The smallest absolute Gasteiger partial charge is 0.214 e. The molecule has 2 aliphatic heterocycles. The van der Waals surface area contributed by atoms with E-state index in [9.17, 15) is 12.8 Å². The molecule has 230 valence electrons. The van der Waals surface area contributed by atoms with Gasteiger partial charge in [0, 0.05) is 50.4 Å². The fraction of sp³-hybridized carbons (Fsp3) is 0.484. The molecule has 3 aromatic heterocycles. The number of fused-ring (bicyclic) bond motifs is 1. The van der Waals surface area contributed by atoms with E-state index in [2.05, 4.69) is 39.5 Å². The van der Waals surface area contributed by atoms with E-state index < -0.39 is 10.0 Å². The minimum Gasteiger partial charge on any atom is -0.379 e. The zero-order valence-electron chi connectivity index (χ0n) is 24.8. The summed E-state index contributed by atoms with van der Waals surface area (Å²) < 4.78 is 48.8. The number of piperidine rings is 1. The van der Waals surface area contributed by atoms with Crippen molar-refractivity contribution in [1.29, 1.82) is 0 Å². The number of aryl methyl sites for hydroxylation is 1. The Kier molecular flexibility index (Phi) is 9.11. The van der Waals surface area contributed by atoms with Crippen molar-refractivity contribution in [1.82, 2.24) is 23.6 Å². The Balaban J connectivity index is 1.15. The number of aromatic nitrogens is 3. The van der Waals surface area contributed by atoms with Crippen LogP contribution in [0, 0.1) is 5.82 Å². The first kappa shape index (κ1) is 30.1. The molecule has 43 heavy (non-hydrogen) atoms. The first-order valence-electron chi connectivity index (χ1n) is 15.1. The molecule has 0 atom stereocenters. The van der Waals surface area contributed by atoms with Gasteiger partial charge < -0.3 is 9.64 Å². The SMILES string of the molecule is CCc1nc2ccc(C3CCN(S(=O)(=O)CCCN4CCOCC4)CC3)cn2c1N(C)c1nc(-c2ccc(F)cc2)cs1. The van der Waals surface area contributed by atoms with E-state index in [-0.39, 0.29) is 17.5 Å². The molecule has 4 aromatic rings. The topological polar surface area (TPSA) is 83.3 Å². The standard InChI is InChI=1S/C31H39FN6O3S2/c1-3-27-30(35(2)31-34-28(22-42-31)24-5-8-26(32)9-6-24)38-21-25(7-10-29(38)33-27)23-11-14-37(15-12-23)43(39,40)20-4-13-36-16-18-41-19-17-36/h5-10,21-23H,3-4,11-20H2,1-2H3. The van der Waals surface area contributed by atoms with Crippen molar-refractivity contribution in [2.24, 2.45) is 0 Å². The zero-order valence-corrected chi connectivity index (χ0v) is 26.4. The second-order valence-electron chi connectivity index (χ2n) is 11.3. The van der Waals surface area contributed by atoms with Crippen LogP contribution in [0.3, 0.4) is 0 Å². The number of morpholine rings is 1. The summed E-state index contributed by atoms with van der Waals surface area (Å²) in [7, 11) is -1.26. The van der Waals surface area contributed by atoms with E-state index in [0.717, 1.165) is 85.7 Å². The first-order chi connectivity index (χ1) is 20.8. The number of nitrogens with zero attached hydrogens (tertiary/aromatic N) is 6. The minimum atomic E-state index is -3.26. The largest absolute Gasteiger partial charge is 0.379 e. The fourth-order valence-corrected chi connectivity index (χ4v) is 8.41. The molecule has 6 rings (SSSR count). The highest BCUT2D eigenvalue weighted by atomic mass is 32.2. The Bertz CT molecular complexity index is 1640. The number of pyridine rings is 1. The van der Waals surface area contributed by atoms with Gasteiger partial charge in [-0.25, -0.2) is 27.1 Å². The molecule has 0 saturated carbocycles. The van der Waals surface area contributed by atoms with E-state index in [1.807, 2.05) is 12.4 Å². The number of ether oxygens (including phenoxy) is 1. The number of hydrogen-bond donors (Lipinski definition) is 0. The maximum Gasteiger partial charge on any atom is 0.214 e. The van der Waals surface area contributed by atoms with Gasteiger partial charge in [-0.1, -0.05) is 13.0 Å². The van der Waals surface area contributed by atoms with Gasteiger partial charge in [0.2, 0.25) is 10.0 Å². The summed E-state index contributed by atoms with van der Waals surface area (Å²) in [5.74, 6) is 1.18. The number of imidazole rings is 1. The minimum absolute atomic E-state index is 0.200. The molecule has 0 spiro atoms. The van der Waals surface area contributed by atoms with E-state index in [4.69, 9.17) is 14.7 Å². The van der Waals surface area contributed by atoms with Gasteiger partial charge in [0.15, 0.2) is 5.13 Å². The van der Waals surface area contributed by atoms with Crippen molar-refractivity contribution in [2.45, 2.75) is 38.5 Å². The van der Waals surface area contributed by atoms with Gasteiger partial charge in [0.1, 0.15) is 17.3 Å². The van der Waals surface area contributed by atoms with Crippen molar-refractivity contribution in [3.8, 4) is 11.3 Å². The van der Waals surface area contributed by atoms with Gasteiger partial charge in [0.05, 0.1) is 30.4 Å². The van der Waals surface area contributed by atoms with Crippen molar-refractivity contribution >= 4 is 38.0 Å². The number of halogens is 1. The second-order valence-corrected chi connectivity index (χ2v) is 14.2. The van der Waals surface area contributed by atoms with Crippen molar-refractivity contribution in [3.63, 3.8) is 0 Å². The molecular weight excluding hydrogens is 588 g/mol. The van der Waals surface area contributed by atoms with E-state index in [1.54, 1.807) is 27.8 Å². The third-order valence-electron chi connectivity index (χ3n) is 8.56. The van der Waals surface area contributed by atoms with Gasteiger partial charge in [-0.3, -0.25) is 9.30 Å². The van der Waals surface area contributed by atoms with Gasteiger partial charge in [-0.15, -0.1) is 11.3 Å². The van der Waals surface area contributed by atoms with Crippen LogP contribution in [-0.2, 0) is 21.2 Å². The lowest BCUT2D eigenvalue weighted by atomic mass is 9.91. The molecule has 0 N–H and O–H groups in total. The lowest BCUT2D eigenvalue weighted by Gasteiger charge is -2.32. The molecule has 9 nitrogen and oxygen atoms in total. The summed E-state index contributed by atoms with van der Waals surface area (Å²) in [4.78, 5) is 14.1. The Morgan fingerprint density at radius 1 is 1.05 bits per heavy atom. The number of benzene rings is 1. The summed E-state index contributed by atoms with van der Waals surface area (Å²) in [5.41, 5.74) is 4.73. The number of rotatable bonds is 10. The highest BCUT2D eigenvalue weighted by Crippen LogP contribution is 2.35. The van der Waals surface area contributed by atoms with E-state index in [0.29, 0.717) is 19.5 Å². The van der Waals surface area contributed by atoms with Crippen LogP contribution in [0.5, 0.6) is 0 Å². The average molecular weight is 627 g/mol. The van der Waals surface area contributed by atoms with Crippen LogP contribution in [0.2, 0.25) is 0 Å². The monoisotopic (exact) mass is 626 g/mol. The molecular formula is C31H39FN6O3S2. The van der Waals surface area contributed by atoms with Gasteiger partial charge in [-0.05, 0) is 74.0 Å². The van der Waals surface area contributed by atoms with E-state index >= 15 is 0 Å². The molecule has 0 unspecified atom stereocenters. The average Bonchev–Trinajstić information content (AvgIpc) is 3.67. The Morgan fingerprint density at radius 3 is 2.51 bits per heavy atom. The molecule has 1 aromatic carbocycles. The van der Waals surface area contributed by atoms with E-state index in [1.165, 1.54) is 17.7 Å². The van der Waals surface area contributed by atoms with Crippen LogP contribution in [0.4, 0.5) is 15.3 Å². The first-order valence-corrected chi connectivity index (χ1v) is 17.6. The molecule has 2 saturated heterocycles. The predicted octanol–water partition coefficient (Wildman–Crippen LogP) is 5.16. The summed E-state index contributed by atoms with van der Waals surface area (Å²) >= 11 is 1.54. The maximum atomic E-state index is 13.4. The zero-order chi connectivity index (χ0) is 30.0. The normalized spacial score (nSPS) is 17.6. The van der Waals surface area contributed by atoms with Gasteiger partial charge in [0.25, 0.3) is 0 Å². The Morgan fingerprint density at radius 2 is 1.79 bits per heavy atom. The maximum absolute atomic E-state index is 13.4. The molecule has 2 aliphatic rings. The Hall–Kier alpha value is -2.90. The van der Waals surface area contributed by atoms with Crippen LogP contribution in [0.25, 0.3) is 16.9 Å². The molecule has 12 heteroatoms.